The van der Waals surface area contributed by atoms with Crippen LogP contribution in [0, 0.1) is 0 Å². The third kappa shape index (κ3) is 3.36. The maximum absolute atomic E-state index is 5.27. The fourth-order valence-corrected chi connectivity index (χ4v) is 2.31. The van der Waals surface area contributed by atoms with Crippen molar-refractivity contribution >= 4 is 0 Å². The van der Waals surface area contributed by atoms with E-state index in [4.69, 9.17) is 4.74 Å². The van der Waals surface area contributed by atoms with Crippen LogP contribution in [-0.4, -0.2) is 29.2 Å². The maximum atomic E-state index is 5.27. The van der Waals surface area contributed by atoms with Gasteiger partial charge in [0.05, 0.1) is 25.0 Å². The molecule has 0 aliphatic carbocycles. The van der Waals surface area contributed by atoms with Gasteiger partial charge in [0.25, 0.3) is 0 Å². The van der Waals surface area contributed by atoms with Crippen molar-refractivity contribution in [1.82, 2.24) is 20.3 Å². The summed E-state index contributed by atoms with van der Waals surface area (Å²) in [5.74, 6) is 0.887. The van der Waals surface area contributed by atoms with Crippen LogP contribution in [0.3, 0.4) is 0 Å². The first-order chi connectivity index (χ1) is 9.78. The molecule has 2 aromatic rings. The molecule has 1 aromatic carbocycles. The molecule has 0 aliphatic rings. The molecule has 0 spiro atoms. The first-order valence-electron chi connectivity index (χ1n) is 6.97. The summed E-state index contributed by atoms with van der Waals surface area (Å²) in [6, 6.07) is 8.35. The van der Waals surface area contributed by atoms with Gasteiger partial charge in [0.2, 0.25) is 0 Å². The number of methoxy groups -OCH3 is 1. The molecule has 0 fully saturated rings. The number of ether oxygens (including phenoxy) is 1. The Morgan fingerprint density at radius 3 is 2.95 bits per heavy atom. The summed E-state index contributed by atoms with van der Waals surface area (Å²) in [5.41, 5.74) is 2.35. The fourth-order valence-electron chi connectivity index (χ4n) is 2.31. The molecule has 5 nitrogen and oxygen atoms in total. The van der Waals surface area contributed by atoms with E-state index in [1.165, 1.54) is 5.56 Å². The summed E-state index contributed by atoms with van der Waals surface area (Å²) in [7, 11) is 3.66. The zero-order valence-electron chi connectivity index (χ0n) is 12.3. The molecule has 0 saturated carbocycles. The molecule has 1 aromatic heterocycles. The Hall–Kier alpha value is -1.88. The zero-order chi connectivity index (χ0) is 14.4. The highest BCUT2D eigenvalue weighted by Gasteiger charge is 2.16. The molecule has 0 aliphatic heterocycles. The van der Waals surface area contributed by atoms with Gasteiger partial charge in [0.15, 0.2) is 0 Å². The largest absolute Gasteiger partial charge is 0.497 e. The number of hydrogen-bond acceptors (Lipinski definition) is 4. The van der Waals surface area contributed by atoms with E-state index in [0.29, 0.717) is 0 Å². The zero-order valence-corrected chi connectivity index (χ0v) is 12.3. The standard InChI is InChI=1S/C15H22N4O/c1-4-8-19-15(11-17-18-19)14(16-2)10-12-6-5-7-13(9-12)20-3/h5-7,9,11,14,16H,4,8,10H2,1-3H3. The highest BCUT2D eigenvalue weighted by molar-refractivity contribution is 5.29. The van der Waals surface area contributed by atoms with Crippen LogP contribution in [0.15, 0.2) is 30.5 Å². The third-order valence-corrected chi connectivity index (χ3v) is 3.36. The van der Waals surface area contributed by atoms with Crippen molar-refractivity contribution in [3.8, 4) is 5.75 Å². The van der Waals surface area contributed by atoms with Crippen LogP contribution in [0.5, 0.6) is 5.75 Å². The lowest BCUT2D eigenvalue weighted by atomic mass is 10.0. The Morgan fingerprint density at radius 2 is 2.25 bits per heavy atom. The summed E-state index contributed by atoms with van der Waals surface area (Å²) < 4.78 is 7.25. The van der Waals surface area contributed by atoms with Crippen LogP contribution in [0.4, 0.5) is 0 Å². The molecule has 0 bridgehead atoms. The molecule has 0 amide bonds. The lowest BCUT2D eigenvalue weighted by molar-refractivity contribution is 0.413. The second-order valence-electron chi connectivity index (χ2n) is 4.78. The number of nitrogens with zero attached hydrogens (tertiary/aromatic N) is 3. The van der Waals surface area contributed by atoms with E-state index >= 15 is 0 Å². The molecule has 1 heterocycles. The molecule has 1 N–H and O–H groups in total. The van der Waals surface area contributed by atoms with Crippen molar-refractivity contribution in [2.75, 3.05) is 14.2 Å². The van der Waals surface area contributed by atoms with Crippen LogP contribution in [-0.2, 0) is 13.0 Å². The second-order valence-corrected chi connectivity index (χ2v) is 4.78. The first-order valence-corrected chi connectivity index (χ1v) is 6.97. The van der Waals surface area contributed by atoms with Gasteiger partial charge in [0.1, 0.15) is 5.75 Å². The van der Waals surface area contributed by atoms with Crippen molar-refractivity contribution in [2.45, 2.75) is 32.4 Å². The molecule has 0 radical (unpaired) electrons. The van der Waals surface area contributed by atoms with Crippen LogP contribution >= 0.6 is 0 Å². The molecule has 108 valence electrons. The van der Waals surface area contributed by atoms with Gasteiger partial charge in [-0.3, -0.25) is 0 Å². The van der Waals surface area contributed by atoms with Gasteiger partial charge in [-0.05, 0) is 37.6 Å². The smallest absolute Gasteiger partial charge is 0.119 e. The Kier molecular flexibility index (Phi) is 5.12. The van der Waals surface area contributed by atoms with E-state index in [1.807, 2.05) is 30.1 Å². The van der Waals surface area contributed by atoms with Crippen LogP contribution in [0.2, 0.25) is 0 Å². The Morgan fingerprint density at radius 1 is 1.40 bits per heavy atom. The monoisotopic (exact) mass is 274 g/mol. The van der Waals surface area contributed by atoms with E-state index in [2.05, 4.69) is 34.7 Å². The minimum absolute atomic E-state index is 0.198. The maximum Gasteiger partial charge on any atom is 0.119 e. The van der Waals surface area contributed by atoms with E-state index in [9.17, 15) is 0 Å². The topological polar surface area (TPSA) is 52.0 Å². The lowest BCUT2D eigenvalue weighted by Crippen LogP contribution is -2.22. The highest BCUT2D eigenvalue weighted by atomic mass is 16.5. The number of aromatic nitrogens is 3. The van der Waals surface area contributed by atoms with Gasteiger partial charge in [-0.2, -0.15) is 0 Å². The Balaban J connectivity index is 2.17. The minimum atomic E-state index is 0.198. The normalized spacial score (nSPS) is 12.3. The quantitative estimate of drug-likeness (QED) is 0.841. The predicted octanol–water partition coefficient (Wildman–Crippen LogP) is 2.20. The summed E-state index contributed by atoms with van der Waals surface area (Å²) in [4.78, 5) is 0. The summed E-state index contributed by atoms with van der Waals surface area (Å²) in [6.07, 6.45) is 3.77. The van der Waals surface area contributed by atoms with Crippen molar-refractivity contribution in [3.63, 3.8) is 0 Å². The van der Waals surface area contributed by atoms with Crippen LogP contribution < -0.4 is 10.1 Å². The van der Waals surface area contributed by atoms with Crippen molar-refractivity contribution in [3.05, 3.63) is 41.7 Å². The number of hydrogen-bond donors (Lipinski definition) is 1. The first kappa shape index (κ1) is 14.5. The van der Waals surface area contributed by atoms with Gasteiger partial charge in [-0.15, -0.1) is 5.10 Å². The second kappa shape index (κ2) is 7.05. The van der Waals surface area contributed by atoms with Crippen LogP contribution in [0.25, 0.3) is 0 Å². The number of rotatable bonds is 7. The van der Waals surface area contributed by atoms with Gasteiger partial charge in [-0.1, -0.05) is 24.3 Å². The third-order valence-electron chi connectivity index (χ3n) is 3.36. The van der Waals surface area contributed by atoms with E-state index in [0.717, 1.165) is 30.8 Å². The lowest BCUT2D eigenvalue weighted by Gasteiger charge is -2.17. The van der Waals surface area contributed by atoms with Gasteiger partial charge >= 0.3 is 0 Å². The van der Waals surface area contributed by atoms with Crippen molar-refractivity contribution in [1.29, 1.82) is 0 Å². The number of benzene rings is 1. The fraction of sp³-hybridized carbons (Fsp3) is 0.467. The summed E-state index contributed by atoms with van der Waals surface area (Å²) >= 11 is 0. The van der Waals surface area contributed by atoms with E-state index < -0.39 is 0 Å². The van der Waals surface area contributed by atoms with Crippen molar-refractivity contribution in [2.24, 2.45) is 0 Å². The Labute approximate surface area is 120 Å². The van der Waals surface area contributed by atoms with Crippen LogP contribution in [0.1, 0.15) is 30.6 Å². The number of nitrogens with one attached hydrogen (secondary N) is 1. The summed E-state index contributed by atoms with van der Waals surface area (Å²) in [5, 5.41) is 11.5. The molecule has 5 heteroatoms. The average molecular weight is 274 g/mol. The van der Waals surface area contributed by atoms with Gasteiger partial charge in [-0.25, -0.2) is 4.68 Å². The minimum Gasteiger partial charge on any atom is -0.497 e. The predicted molar refractivity (Wildman–Crippen MR) is 78.8 cm³/mol. The molecule has 20 heavy (non-hydrogen) atoms. The van der Waals surface area contributed by atoms with E-state index in [1.54, 1.807) is 7.11 Å². The number of aryl methyl sites for hydroxylation is 1. The van der Waals surface area contributed by atoms with Gasteiger partial charge < -0.3 is 10.1 Å². The Bertz CT molecular complexity index is 538. The molecule has 1 unspecified atom stereocenters. The summed E-state index contributed by atoms with van der Waals surface area (Å²) in [6.45, 7) is 3.04. The van der Waals surface area contributed by atoms with Gasteiger partial charge in [0, 0.05) is 6.54 Å². The molecule has 2 rings (SSSR count). The molecular formula is C15H22N4O. The van der Waals surface area contributed by atoms with E-state index in [-0.39, 0.29) is 6.04 Å². The molecular weight excluding hydrogens is 252 g/mol. The number of likely N-dealkylation sites (N-methyl/N-ethyl adjacent to an activating group) is 1. The molecule has 0 saturated heterocycles. The average Bonchev–Trinajstić information content (AvgIpc) is 2.93. The molecule has 1 atom stereocenters. The van der Waals surface area contributed by atoms with Crippen molar-refractivity contribution < 1.29 is 4.74 Å². The highest BCUT2D eigenvalue weighted by Crippen LogP contribution is 2.20. The SMILES string of the molecule is CCCn1nncc1C(Cc1cccc(OC)c1)NC.